The number of hydrogen-bond acceptors (Lipinski definition) is 4. The fourth-order valence-corrected chi connectivity index (χ4v) is 1.80. The van der Waals surface area contributed by atoms with Crippen LogP contribution in [-0.2, 0) is 4.79 Å². The van der Waals surface area contributed by atoms with Crippen LogP contribution in [0.15, 0.2) is 0 Å². The van der Waals surface area contributed by atoms with Gasteiger partial charge >= 0.3 is 0 Å². The van der Waals surface area contributed by atoms with E-state index in [0.29, 0.717) is 19.1 Å². The Kier molecular flexibility index (Phi) is 4.50. The standard InChI is InChI=1S/C10H22N4O/c1-12(2)10(15)8-14-5-4-13(3)7-9(14)6-11/h9H,4-8,11H2,1-3H3. The highest BCUT2D eigenvalue weighted by molar-refractivity contribution is 5.77. The van der Waals surface area contributed by atoms with E-state index in [-0.39, 0.29) is 5.91 Å². The third kappa shape index (κ3) is 3.44. The van der Waals surface area contributed by atoms with Crippen LogP contribution < -0.4 is 5.73 Å². The molecule has 88 valence electrons. The van der Waals surface area contributed by atoms with Crippen LogP contribution in [0, 0.1) is 0 Å². The van der Waals surface area contributed by atoms with Crippen LogP contribution in [0.2, 0.25) is 0 Å². The van der Waals surface area contributed by atoms with Gasteiger partial charge in [0.1, 0.15) is 0 Å². The number of carbonyl (C=O) groups is 1. The zero-order chi connectivity index (χ0) is 11.4. The van der Waals surface area contributed by atoms with Crippen molar-refractivity contribution < 1.29 is 4.79 Å². The maximum absolute atomic E-state index is 11.6. The highest BCUT2D eigenvalue weighted by Crippen LogP contribution is 2.07. The van der Waals surface area contributed by atoms with Gasteiger partial charge in [0.15, 0.2) is 0 Å². The number of amides is 1. The summed E-state index contributed by atoms with van der Waals surface area (Å²) in [7, 11) is 5.67. The number of hydrogen-bond donors (Lipinski definition) is 1. The van der Waals surface area contributed by atoms with E-state index in [1.807, 2.05) is 0 Å². The molecule has 0 aromatic carbocycles. The van der Waals surface area contributed by atoms with Crippen molar-refractivity contribution in [2.75, 3.05) is 53.9 Å². The SMILES string of the molecule is CN1CCN(CC(=O)N(C)C)C(CN)C1. The van der Waals surface area contributed by atoms with Crippen molar-refractivity contribution in [3.63, 3.8) is 0 Å². The van der Waals surface area contributed by atoms with Gasteiger partial charge < -0.3 is 15.5 Å². The molecule has 0 spiro atoms. The predicted octanol–water partition coefficient (Wildman–Crippen LogP) is -1.35. The van der Waals surface area contributed by atoms with Crippen molar-refractivity contribution in [2.45, 2.75) is 6.04 Å². The Morgan fingerprint density at radius 1 is 1.47 bits per heavy atom. The van der Waals surface area contributed by atoms with Crippen LogP contribution in [0.25, 0.3) is 0 Å². The van der Waals surface area contributed by atoms with Crippen molar-refractivity contribution in [2.24, 2.45) is 5.73 Å². The molecule has 1 amide bonds. The van der Waals surface area contributed by atoms with Gasteiger partial charge in [-0.25, -0.2) is 0 Å². The van der Waals surface area contributed by atoms with Gasteiger partial charge in [-0.3, -0.25) is 9.69 Å². The Bertz CT molecular complexity index is 219. The minimum atomic E-state index is 0.151. The van der Waals surface area contributed by atoms with E-state index >= 15 is 0 Å². The lowest BCUT2D eigenvalue weighted by Gasteiger charge is -2.39. The van der Waals surface area contributed by atoms with Gasteiger partial charge in [-0.2, -0.15) is 0 Å². The maximum atomic E-state index is 11.6. The molecule has 1 heterocycles. The summed E-state index contributed by atoms with van der Waals surface area (Å²) >= 11 is 0. The fourth-order valence-electron chi connectivity index (χ4n) is 1.80. The molecule has 5 nitrogen and oxygen atoms in total. The molecule has 1 unspecified atom stereocenters. The van der Waals surface area contributed by atoms with Crippen molar-refractivity contribution in [1.82, 2.24) is 14.7 Å². The highest BCUT2D eigenvalue weighted by Gasteiger charge is 2.25. The van der Waals surface area contributed by atoms with E-state index in [2.05, 4.69) is 16.8 Å². The van der Waals surface area contributed by atoms with Crippen molar-refractivity contribution in [3.8, 4) is 0 Å². The van der Waals surface area contributed by atoms with Crippen LogP contribution in [0.1, 0.15) is 0 Å². The molecule has 0 saturated carbocycles. The third-order valence-electron chi connectivity index (χ3n) is 2.92. The van der Waals surface area contributed by atoms with E-state index in [1.165, 1.54) is 0 Å². The molecular weight excluding hydrogens is 192 g/mol. The molecule has 0 bridgehead atoms. The molecule has 2 N–H and O–H groups in total. The normalized spacial score (nSPS) is 24.1. The van der Waals surface area contributed by atoms with Crippen LogP contribution in [-0.4, -0.2) is 80.5 Å². The van der Waals surface area contributed by atoms with Gasteiger partial charge in [-0.1, -0.05) is 0 Å². The zero-order valence-electron chi connectivity index (χ0n) is 9.94. The minimum absolute atomic E-state index is 0.151. The molecule has 0 radical (unpaired) electrons. The minimum Gasteiger partial charge on any atom is -0.348 e. The molecule has 1 aliphatic rings. The first-order valence-corrected chi connectivity index (χ1v) is 5.37. The van der Waals surface area contributed by atoms with Crippen LogP contribution in [0.5, 0.6) is 0 Å². The zero-order valence-corrected chi connectivity index (χ0v) is 9.94. The first-order chi connectivity index (χ1) is 7.04. The first kappa shape index (κ1) is 12.4. The average Bonchev–Trinajstić information content (AvgIpc) is 2.20. The molecule has 0 aliphatic carbocycles. The number of carbonyl (C=O) groups excluding carboxylic acids is 1. The Labute approximate surface area is 91.8 Å². The van der Waals surface area contributed by atoms with E-state index < -0.39 is 0 Å². The van der Waals surface area contributed by atoms with Gasteiger partial charge in [-0.15, -0.1) is 0 Å². The molecule has 1 rings (SSSR count). The lowest BCUT2D eigenvalue weighted by Crippen LogP contribution is -2.56. The van der Waals surface area contributed by atoms with Gasteiger partial charge in [0, 0.05) is 46.3 Å². The molecule has 1 fully saturated rings. The second-order valence-electron chi connectivity index (χ2n) is 4.41. The summed E-state index contributed by atoms with van der Waals surface area (Å²) in [4.78, 5) is 17.7. The molecule has 0 aromatic heterocycles. The van der Waals surface area contributed by atoms with E-state index in [0.717, 1.165) is 19.6 Å². The molecule has 5 heteroatoms. The van der Waals surface area contributed by atoms with Crippen molar-refractivity contribution in [3.05, 3.63) is 0 Å². The smallest absolute Gasteiger partial charge is 0.236 e. The summed E-state index contributed by atoms with van der Waals surface area (Å²) in [5.41, 5.74) is 5.71. The second-order valence-corrected chi connectivity index (χ2v) is 4.41. The Hall–Kier alpha value is -0.650. The largest absolute Gasteiger partial charge is 0.348 e. The summed E-state index contributed by atoms with van der Waals surface area (Å²) in [6.07, 6.45) is 0. The molecule has 15 heavy (non-hydrogen) atoms. The number of nitrogens with zero attached hydrogens (tertiary/aromatic N) is 3. The van der Waals surface area contributed by atoms with Gasteiger partial charge in [0.25, 0.3) is 0 Å². The van der Waals surface area contributed by atoms with E-state index in [4.69, 9.17) is 5.73 Å². The Balaban J connectivity index is 2.49. The summed E-state index contributed by atoms with van der Waals surface area (Å²) in [6, 6.07) is 0.313. The van der Waals surface area contributed by atoms with E-state index in [1.54, 1.807) is 19.0 Å². The van der Waals surface area contributed by atoms with Crippen molar-refractivity contribution in [1.29, 1.82) is 0 Å². The Morgan fingerprint density at radius 3 is 2.67 bits per heavy atom. The first-order valence-electron chi connectivity index (χ1n) is 5.37. The fraction of sp³-hybridized carbons (Fsp3) is 0.900. The summed E-state index contributed by atoms with van der Waals surface area (Å²) in [5.74, 6) is 0.151. The second kappa shape index (κ2) is 5.44. The maximum Gasteiger partial charge on any atom is 0.236 e. The summed E-state index contributed by atoms with van der Waals surface area (Å²) in [5, 5.41) is 0. The van der Waals surface area contributed by atoms with Gasteiger partial charge in [0.05, 0.1) is 6.54 Å². The van der Waals surface area contributed by atoms with E-state index in [9.17, 15) is 4.79 Å². The highest BCUT2D eigenvalue weighted by atomic mass is 16.2. The average molecular weight is 214 g/mol. The lowest BCUT2D eigenvalue weighted by atomic mass is 10.1. The van der Waals surface area contributed by atoms with Crippen LogP contribution >= 0.6 is 0 Å². The molecule has 1 atom stereocenters. The van der Waals surface area contributed by atoms with Crippen molar-refractivity contribution >= 4 is 5.91 Å². The quantitative estimate of drug-likeness (QED) is 0.631. The number of likely N-dealkylation sites (N-methyl/N-ethyl adjacent to an activating group) is 2. The molecule has 1 saturated heterocycles. The number of rotatable bonds is 3. The third-order valence-corrected chi connectivity index (χ3v) is 2.92. The van der Waals surface area contributed by atoms with Gasteiger partial charge in [-0.05, 0) is 7.05 Å². The molecule has 0 aromatic rings. The molecule has 1 aliphatic heterocycles. The summed E-state index contributed by atoms with van der Waals surface area (Å²) < 4.78 is 0. The summed E-state index contributed by atoms with van der Waals surface area (Å²) in [6.45, 7) is 4.00. The van der Waals surface area contributed by atoms with Crippen LogP contribution in [0.3, 0.4) is 0 Å². The lowest BCUT2D eigenvalue weighted by molar-refractivity contribution is -0.131. The van der Waals surface area contributed by atoms with Gasteiger partial charge in [0.2, 0.25) is 5.91 Å². The topological polar surface area (TPSA) is 52.8 Å². The number of piperazine rings is 1. The number of nitrogens with two attached hydrogens (primary N) is 1. The predicted molar refractivity (Wildman–Crippen MR) is 60.6 cm³/mol. The monoisotopic (exact) mass is 214 g/mol. The van der Waals surface area contributed by atoms with Crippen LogP contribution in [0.4, 0.5) is 0 Å². The Morgan fingerprint density at radius 2 is 2.13 bits per heavy atom. The molecular formula is C10H22N4O.